The molecule has 3 nitrogen and oxygen atoms in total. The summed E-state index contributed by atoms with van der Waals surface area (Å²) < 4.78 is 13.0. The average Bonchev–Trinajstić information content (AvgIpc) is 2.29. The first kappa shape index (κ1) is 11.8. The third kappa shape index (κ3) is 3.14. The number of anilines is 1. The van der Waals surface area contributed by atoms with Crippen molar-refractivity contribution in [1.82, 2.24) is 9.97 Å². The van der Waals surface area contributed by atoms with Gasteiger partial charge in [0.25, 0.3) is 0 Å². The van der Waals surface area contributed by atoms with Gasteiger partial charge in [-0.05, 0) is 17.7 Å². The Labute approximate surface area is 104 Å². The molecule has 0 aliphatic carbocycles. The lowest BCUT2D eigenvalue weighted by molar-refractivity contribution is 0.625. The summed E-state index contributed by atoms with van der Waals surface area (Å²) in [5.41, 5.74) is 0.877. The molecule has 0 aliphatic rings. The van der Waals surface area contributed by atoms with Gasteiger partial charge < -0.3 is 4.90 Å². The molecular weight excluding hydrogens is 241 g/mol. The summed E-state index contributed by atoms with van der Waals surface area (Å²) in [6, 6.07) is 8.14. The molecule has 0 unspecified atom stereocenters. The zero-order valence-corrected chi connectivity index (χ0v) is 10.0. The van der Waals surface area contributed by atoms with Crippen molar-refractivity contribution in [2.75, 3.05) is 11.9 Å². The number of halogens is 2. The zero-order valence-electron chi connectivity index (χ0n) is 9.27. The minimum absolute atomic E-state index is 0.239. The Kier molecular flexibility index (Phi) is 3.54. The number of hydrogen-bond acceptors (Lipinski definition) is 3. The van der Waals surface area contributed by atoms with Crippen LogP contribution in [0.15, 0.2) is 36.7 Å². The summed E-state index contributed by atoms with van der Waals surface area (Å²) in [5.74, 6) is 0.464. The van der Waals surface area contributed by atoms with Gasteiger partial charge in [-0.15, -0.1) is 0 Å². The van der Waals surface area contributed by atoms with Crippen molar-refractivity contribution in [2.24, 2.45) is 0 Å². The van der Waals surface area contributed by atoms with Crippen molar-refractivity contribution in [3.63, 3.8) is 0 Å². The Bertz CT molecular complexity index is 519. The predicted molar refractivity (Wildman–Crippen MR) is 65.5 cm³/mol. The lowest BCUT2D eigenvalue weighted by Crippen LogP contribution is -2.17. The SMILES string of the molecule is CN(Cc1cccc(F)c1)c1cc(Cl)ncn1. The normalized spacial score (nSPS) is 10.3. The first-order chi connectivity index (χ1) is 8.15. The maximum Gasteiger partial charge on any atom is 0.134 e. The molecule has 0 spiro atoms. The van der Waals surface area contributed by atoms with E-state index in [9.17, 15) is 4.39 Å². The smallest absolute Gasteiger partial charge is 0.134 e. The molecule has 2 rings (SSSR count). The molecule has 0 N–H and O–H groups in total. The molecule has 2 aromatic rings. The van der Waals surface area contributed by atoms with E-state index in [0.29, 0.717) is 17.5 Å². The van der Waals surface area contributed by atoms with Crippen LogP contribution in [-0.4, -0.2) is 17.0 Å². The van der Waals surface area contributed by atoms with Crippen LogP contribution in [0.3, 0.4) is 0 Å². The van der Waals surface area contributed by atoms with Crippen LogP contribution in [0.4, 0.5) is 10.2 Å². The summed E-state index contributed by atoms with van der Waals surface area (Å²) in [7, 11) is 1.86. The maximum atomic E-state index is 13.0. The van der Waals surface area contributed by atoms with Crippen molar-refractivity contribution >= 4 is 17.4 Å². The summed E-state index contributed by atoms with van der Waals surface area (Å²) in [6.07, 6.45) is 1.40. The summed E-state index contributed by atoms with van der Waals surface area (Å²) >= 11 is 5.78. The number of hydrogen-bond donors (Lipinski definition) is 0. The van der Waals surface area contributed by atoms with Gasteiger partial charge in [0.15, 0.2) is 0 Å². The van der Waals surface area contributed by atoms with Crippen LogP contribution in [0.1, 0.15) is 5.56 Å². The second-order valence-electron chi connectivity index (χ2n) is 3.68. The molecule has 1 aromatic heterocycles. The van der Waals surface area contributed by atoms with Crippen LogP contribution in [0, 0.1) is 5.82 Å². The van der Waals surface area contributed by atoms with E-state index in [1.165, 1.54) is 18.5 Å². The number of rotatable bonds is 3. The van der Waals surface area contributed by atoms with Crippen molar-refractivity contribution in [3.8, 4) is 0 Å². The minimum atomic E-state index is -0.239. The largest absolute Gasteiger partial charge is 0.355 e. The maximum absolute atomic E-state index is 13.0. The third-order valence-corrected chi connectivity index (χ3v) is 2.53. The topological polar surface area (TPSA) is 29.0 Å². The summed E-state index contributed by atoms with van der Waals surface area (Å²) in [6.45, 7) is 0.561. The average molecular weight is 252 g/mol. The van der Waals surface area contributed by atoms with Crippen LogP contribution >= 0.6 is 11.6 Å². The molecule has 0 fully saturated rings. The number of nitrogens with zero attached hydrogens (tertiary/aromatic N) is 3. The quantitative estimate of drug-likeness (QED) is 0.786. The molecule has 1 heterocycles. The van der Waals surface area contributed by atoms with Gasteiger partial charge in [0.2, 0.25) is 0 Å². The van der Waals surface area contributed by atoms with Gasteiger partial charge >= 0.3 is 0 Å². The third-order valence-electron chi connectivity index (χ3n) is 2.32. The minimum Gasteiger partial charge on any atom is -0.355 e. The molecule has 0 radical (unpaired) electrons. The summed E-state index contributed by atoms with van der Waals surface area (Å²) in [5, 5.41) is 0.390. The van der Waals surface area contributed by atoms with E-state index in [0.717, 1.165) is 5.56 Å². The van der Waals surface area contributed by atoms with E-state index in [-0.39, 0.29) is 5.82 Å². The fourth-order valence-corrected chi connectivity index (χ4v) is 1.66. The second-order valence-corrected chi connectivity index (χ2v) is 4.07. The van der Waals surface area contributed by atoms with E-state index in [4.69, 9.17) is 11.6 Å². The highest BCUT2D eigenvalue weighted by molar-refractivity contribution is 6.29. The molecule has 0 saturated carbocycles. The molecule has 0 amide bonds. The van der Waals surface area contributed by atoms with E-state index in [2.05, 4.69) is 9.97 Å². The van der Waals surface area contributed by atoms with Crippen molar-refractivity contribution in [3.05, 3.63) is 53.2 Å². The first-order valence-corrected chi connectivity index (χ1v) is 5.46. The van der Waals surface area contributed by atoms with E-state index in [1.807, 2.05) is 18.0 Å². The van der Waals surface area contributed by atoms with Crippen LogP contribution in [0.2, 0.25) is 5.15 Å². The van der Waals surface area contributed by atoms with Gasteiger partial charge in [0.05, 0.1) is 0 Å². The van der Waals surface area contributed by atoms with Crippen LogP contribution < -0.4 is 4.90 Å². The lowest BCUT2D eigenvalue weighted by atomic mass is 10.2. The molecule has 0 aliphatic heterocycles. The molecular formula is C12H11ClFN3. The molecule has 1 aromatic carbocycles. The van der Waals surface area contributed by atoms with Crippen LogP contribution in [-0.2, 0) is 6.54 Å². The standard InChI is InChI=1S/C12H11ClFN3/c1-17(12-6-11(13)15-8-16-12)7-9-3-2-4-10(14)5-9/h2-6,8H,7H2,1H3. The van der Waals surface area contributed by atoms with Gasteiger partial charge in [-0.25, -0.2) is 14.4 Å². The fraction of sp³-hybridized carbons (Fsp3) is 0.167. The first-order valence-electron chi connectivity index (χ1n) is 5.08. The molecule has 17 heavy (non-hydrogen) atoms. The van der Waals surface area contributed by atoms with E-state index >= 15 is 0 Å². The van der Waals surface area contributed by atoms with Crippen molar-refractivity contribution in [2.45, 2.75) is 6.54 Å². The zero-order chi connectivity index (χ0) is 12.3. The number of benzene rings is 1. The molecule has 5 heteroatoms. The molecule has 0 atom stereocenters. The Hall–Kier alpha value is -1.68. The fourth-order valence-electron chi connectivity index (χ4n) is 1.52. The van der Waals surface area contributed by atoms with Crippen LogP contribution in [0.5, 0.6) is 0 Å². The number of aromatic nitrogens is 2. The lowest BCUT2D eigenvalue weighted by Gasteiger charge is -2.17. The highest BCUT2D eigenvalue weighted by Crippen LogP contribution is 2.15. The molecule has 0 saturated heterocycles. The van der Waals surface area contributed by atoms with Crippen LogP contribution in [0.25, 0.3) is 0 Å². The summed E-state index contributed by atoms with van der Waals surface area (Å²) in [4.78, 5) is 9.78. The van der Waals surface area contributed by atoms with Gasteiger partial charge in [0.1, 0.15) is 23.1 Å². The van der Waals surface area contributed by atoms with Gasteiger partial charge in [0, 0.05) is 19.7 Å². The highest BCUT2D eigenvalue weighted by Gasteiger charge is 2.05. The van der Waals surface area contributed by atoms with Gasteiger partial charge in [-0.2, -0.15) is 0 Å². The monoisotopic (exact) mass is 251 g/mol. The molecule has 88 valence electrons. The van der Waals surface area contributed by atoms with E-state index in [1.54, 1.807) is 12.1 Å². The Balaban J connectivity index is 2.14. The highest BCUT2D eigenvalue weighted by atomic mass is 35.5. The van der Waals surface area contributed by atoms with E-state index < -0.39 is 0 Å². The Morgan fingerprint density at radius 3 is 2.82 bits per heavy atom. The molecule has 0 bridgehead atoms. The van der Waals surface area contributed by atoms with Crippen molar-refractivity contribution in [1.29, 1.82) is 0 Å². The van der Waals surface area contributed by atoms with Crippen molar-refractivity contribution < 1.29 is 4.39 Å². The Morgan fingerprint density at radius 1 is 1.29 bits per heavy atom. The predicted octanol–water partition coefficient (Wildman–Crippen LogP) is 2.91. The Morgan fingerprint density at radius 2 is 2.12 bits per heavy atom. The van der Waals surface area contributed by atoms with Gasteiger partial charge in [-0.3, -0.25) is 0 Å². The second kappa shape index (κ2) is 5.10. The van der Waals surface area contributed by atoms with Gasteiger partial charge in [-0.1, -0.05) is 23.7 Å².